The second-order valence-electron chi connectivity index (χ2n) is 7.34. The van der Waals surface area contributed by atoms with Crippen LogP contribution in [0.15, 0.2) is 84.9 Å². The predicted octanol–water partition coefficient (Wildman–Crippen LogP) is 3.59. The highest BCUT2D eigenvalue weighted by Crippen LogP contribution is 2.25. The summed E-state index contributed by atoms with van der Waals surface area (Å²) >= 11 is 0. The Morgan fingerprint density at radius 1 is 0.844 bits per heavy atom. The van der Waals surface area contributed by atoms with Crippen LogP contribution in [0.1, 0.15) is 29.5 Å². The highest BCUT2D eigenvalue weighted by atomic mass is 16.6. The van der Waals surface area contributed by atoms with Gasteiger partial charge < -0.3 is 10.6 Å². The lowest BCUT2D eigenvalue weighted by atomic mass is 9.90. The average Bonchev–Trinajstić information content (AvgIpc) is 2.81. The van der Waals surface area contributed by atoms with Gasteiger partial charge in [-0.05, 0) is 23.6 Å². The van der Waals surface area contributed by atoms with Crippen LogP contribution in [0.2, 0.25) is 0 Å². The number of non-ortho nitro benzene ring substituents is 1. The molecule has 0 radical (unpaired) electrons. The first-order valence-corrected chi connectivity index (χ1v) is 10.4. The summed E-state index contributed by atoms with van der Waals surface area (Å²) in [6.45, 7) is 2.23. The molecule has 7 heteroatoms. The van der Waals surface area contributed by atoms with Crippen LogP contribution in [-0.2, 0) is 16.0 Å². The molecule has 1 atom stereocenters. The van der Waals surface area contributed by atoms with E-state index in [1.54, 1.807) is 19.1 Å². The number of likely N-dealkylation sites (N-methyl/N-ethyl adjacent to an activating group) is 1. The second kappa shape index (κ2) is 10.9. The van der Waals surface area contributed by atoms with Crippen molar-refractivity contribution in [2.75, 3.05) is 6.54 Å². The van der Waals surface area contributed by atoms with Crippen LogP contribution in [0.5, 0.6) is 0 Å². The first-order chi connectivity index (χ1) is 15.5. The van der Waals surface area contributed by atoms with Crippen molar-refractivity contribution in [1.82, 2.24) is 10.6 Å². The number of carbonyl (C=O) groups is 2. The molecule has 0 heterocycles. The number of rotatable bonds is 9. The Morgan fingerprint density at radius 3 is 1.84 bits per heavy atom. The summed E-state index contributed by atoms with van der Waals surface area (Å²) in [5.41, 5.74) is 2.33. The van der Waals surface area contributed by atoms with Gasteiger partial charge in [-0.15, -0.1) is 0 Å². The lowest BCUT2D eigenvalue weighted by molar-refractivity contribution is -0.384. The first kappa shape index (κ1) is 22.7. The maximum absolute atomic E-state index is 13.4. The zero-order valence-corrected chi connectivity index (χ0v) is 17.7. The van der Waals surface area contributed by atoms with Gasteiger partial charge in [-0.25, -0.2) is 0 Å². The van der Waals surface area contributed by atoms with Gasteiger partial charge in [0, 0.05) is 25.1 Å². The average molecular weight is 431 g/mol. The Bertz CT molecular complexity index is 1010. The standard InChI is InChI=1S/C25H25N3O4/c1-2-26-24(29)22(17-18-13-15-21(16-14-18)28(31)32)27-25(30)23(19-9-5-3-6-10-19)20-11-7-4-8-12-20/h3-16,22-23H,2,17H2,1H3,(H,26,29)(H,27,30)/t22-/m0/s1. The van der Waals surface area contributed by atoms with E-state index in [4.69, 9.17) is 0 Å². The van der Waals surface area contributed by atoms with E-state index in [0.717, 1.165) is 11.1 Å². The van der Waals surface area contributed by atoms with Gasteiger partial charge in [-0.3, -0.25) is 19.7 Å². The largest absolute Gasteiger partial charge is 0.355 e. The van der Waals surface area contributed by atoms with Crippen LogP contribution in [0, 0.1) is 10.1 Å². The fourth-order valence-corrected chi connectivity index (χ4v) is 3.54. The van der Waals surface area contributed by atoms with Gasteiger partial charge in [0.15, 0.2) is 0 Å². The molecule has 32 heavy (non-hydrogen) atoms. The maximum Gasteiger partial charge on any atom is 0.269 e. The summed E-state index contributed by atoms with van der Waals surface area (Å²) in [5, 5.41) is 16.6. The molecule has 7 nitrogen and oxygen atoms in total. The van der Waals surface area contributed by atoms with Gasteiger partial charge in [-0.1, -0.05) is 72.8 Å². The van der Waals surface area contributed by atoms with Gasteiger partial charge >= 0.3 is 0 Å². The van der Waals surface area contributed by atoms with Crippen LogP contribution < -0.4 is 10.6 Å². The summed E-state index contributed by atoms with van der Waals surface area (Å²) < 4.78 is 0. The molecule has 3 aromatic carbocycles. The molecule has 0 bridgehead atoms. The molecule has 0 spiro atoms. The molecule has 0 unspecified atom stereocenters. The number of hydrogen-bond acceptors (Lipinski definition) is 4. The Kier molecular flexibility index (Phi) is 7.70. The van der Waals surface area contributed by atoms with Crippen molar-refractivity contribution in [3.8, 4) is 0 Å². The molecule has 164 valence electrons. The molecule has 3 aromatic rings. The number of nitro benzene ring substituents is 1. The normalized spacial score (nSPS) is 11.6. The van der Waals surface area contributed by atoms with Crippen LogP contribution in [-0.4, -0.2) is 29.3 Å². The maximum atomic E-state index is 13.4. The zero-order chi connectivity index (χ0) is 22.9. The third kappa shape index (κ3) is 5.78. The summed E-state index contributed by atoms with van der Waals surface area (Å²) in [7, 11) is 0. The van der Waals surface area contributed by atoms with Crippen LogP contribution in [0.25, 0.3) is 0 Å². The number of amides is 2. The fourth-order valence-electron chi connectivity index (χ4n) is 3.54. The SMILES string of the molecule is CCNC(=O)[C@H](Cc1ccc([N+](=O)[O-])cc1)NC(=O)C(c1ccccc1)c1ccccc1. The lowest BCUT2D eigenvalue weighted by Gasteiger charge is -2.23. The molecule has 0 aliphatic carbocycles. The van der Waals surface area contributed by atoms with E-state index in [0.29, 0.717) is 12.1 Å². The van der Waals surface area contributed by atoms with Crippen molar-refractivity contribution in [2.45, 2.75) is 25.3 Å². The van der Waals surface area contributed by atoms with E-state index in [1.165, 1.54) is 12.1 Å². The van der Waals surface area contributed by atoms with Crippen molar-refractivity contribution >= 4 is 17.5 Å². The number of nitrogens with one attached hydrogen (secondary N) is 2. The molecule has 3 rings (SSSR count). The fraction of sp³-hybridized carbons (Fsp3) is 0.200. The van der Waals surface area contributed by atoms with Gasteiger partial charge in [-0.2, -0.15) is 0 Å². The Labute approximate surface area is 186 Å². The van der Waals surface area contributed by atoms with Gasteiger partial charge in [0.1, 0.15) is 6.04 Å². The van der Waals surface area contributed by atoms with E-state index in [-0.39, 0.29) is 23.9 Å². The van der Waals surface area contributed by atoms with Crippen molar-refractivity contribution < 1.29 is 14.5 Å². The Morgan fingerprint density at radius 2 is 1.38 bits per heavy atom. The minimum Gasteiger partial charge on any atom is -0.355 e. The van der Waals surface area contributed by atoms with E-state index < -0.39 is 16.9 Å². The van der Waals surface area contributed by atoms with Crippen molar-refractivity contribution in [1.29, 1.82) is 0 Å². The molecular formula is C25H25N3O4. The van der Waals surface area contributed by atoms with Crippen molar-refractivity contribution in [3.63, 3.8) is 0 Å². The Balaban J connectivity index is 1.86. The third-order valence-electron chi connectivity index (χ3n) is 5.10. The van der Waals surface area contributed by atoms with Crippen LogP contribution in [0.4, 0.5) is 5.69 Å². The summed E-state index contributed by atoms with van der Waals surface area (Å²) in [6.07, 6.45) is 0.214. The van der Waals surface area contributed by atoms with Crippen LogP contribution in [0.3, 0.4) is 0 Å². The van der Waals surface area contributed by atoms with Crippen LogP contribution >= 0.6 is 0 Å². The van der Waals surface area contributed by atoms with E-state index >= 15 is 0 Å². The topological polar surface area (TPSA) is 101 Å². The quantitative estimate of drug-likeness (QED) is 0.399. The highest BCUT2D eigenvalue weighted by Gasteiger charge is 2.28. The Hall–Kier alpha value is -4.00. The smallest absolute Gasteiger partial charge is 0.269 e. The lowest BCUT2D eigenvalue weighted by Crippen LogP contribution is -2.49. The van der Waals surface area contributed by atoms with E-state index in [2.05, 4.69) is 10.6 Å². The van der Waals surface area contributed by atoms with Crippen molar-refractivity contribution in [2.24, 2.45) is 0 Å². The van der Waals surface area contributed by atoms with E-state index in [1.807, 2.05) is 60.7 Å². The summed E-state index contributed by atoms with van der Waals surface area (Å²) in [5.74, 6) is -1.18. The zero-order valence-electron chi connectivity index (χ0n) is 17.7. The number of hydrogen-bond donors (Lipinski definition) is 2. The first-order valence-electron chi connectivity index (χ1n) is 10.4. The summed E-state index contributed by atoms with van der Waals surface area (Å²) in [6, 6.07) is 24.0. The molecule has 0 aliphatic heterocycles. The number of nitrogens with zero attached hydrogens (tertiary/aromatic N) is 1. The summed E-state index contributed by atoms with van der Waals surface area (Å²) in [4.78, 5) is 36.6. The molecule has 0 saturated heterocycles. The molecular weight excluding hydrogens is 406 g/mol. The minimum absolute atomic E-state index is 0.0273. The van der Waals surface area contributed by atoms with Gasteiger partial charge in [0.25, 0.3) is 5.69 Å². The molecule has 0 aromatic heterocycles. The van der Waals surface area contributed by atoms with Gasteiger partial charge in [0.05, 0.1) is 10.8 Å². The monoisotopic (exact) mass is 431 g/mol. The molecule has 0 aliphatic rings. The van der Waals surface area contributed by atoms with Gasteiger partial charge in [0.2, 0.25) is 11.8 Å². The molecule has 0 fully saturated rings. The van der Waals surface area contributed by atoms with Crippen molar-refractivity contribution in [3.05, 3.63) is 112 Å². The molecule has 2 amide bonds. The predicted molar refractivity (Wildman–Crippen MR) is 122 cm³/mol. The number of nitro groups is 1. The molecule has 2 N–H and O–H groups in total. The van der Waals surface area contributed by atoms with E-state index in [9.17, 15) is 19.7 Å². The third-order valence-corrected chi connectivity index (χ3v) is 5.10. The number of carbonyl (C=O) groups excluding carboxylic acids is 2. The number of benzene rings is 3. The highest BCUT2D eigenvalue weighted by molar-refractivity contribution is 5.92. The minimum atomic E-state index is -0.821. The second-order valence-corrected chi connectivity index (χ2v) is 7.34. The molecule has 0 saturated carbocycles.